The van der Waals surface area contributed by atoms with Gasteiger partial charge in [0.2, 0.25) is 0 Å². The summed E-state index contributed by atoms with van der Waals surface area (Å²) >= 11 is 0. The maximum absolute atomic E-state index is 4.60. The molecule has 0 atom stereocenters. The van der Waals surface area contributed by atoms with Gasteiger partial charge in [-0.25, -0.2) is 9.67 Å². The molecule has 1 N–H and O–H groups in total. The van der Waals surface area contributed by atoms with Gasteiger partial charge in [-0.3, -0.25) is 0 Å². The van der Waals surface area contributed by atoms with E-state index in [0.29, 0.717) is 0 Å². The van der Waals surface area contributed by atoms with Gasteiger partial charge in [0.05, 0.1) is 28.8 Å². The molecular weight excluding hydrogens is 296 g/mol. The number of H-pyrrole nitrogens is 1. The molecule has 0 aliphatic rings. The molecular formula is C20H24N4. The molecule has 3 aromatic rings. The number of aryl methyl sites for hydroxylation is 1. The largest absolute Gasteiger partial charge is 0.338 e. The zero-order valence-corrected chi connectivity index (χ0v) is 14.8. The molecule has 0 aliphatic heterocycles. The molecule has 24 heavy (non-hydrogen) atoms. The summed E-state index contributed by atoms with van der Waals surface area (Å²) in [7, 11) is 0. The fraction of sp³-hybridized carbons (Fsp3) is 0.200. The average molecular weight is 320 g/mol. The van der Waals surface area contributed by atoms with E-state index in [4.69, 9.17) is 0 Å². The van der Waals surface area contributed by atoms with Gasteiger partial charge < -0.3 is 4.98 Å². The molecule has 0 aliphatic carbocycles. The van der Waals surface area contributed by atoms with E-state index in [-0.39, 0.29) is 0 Å². The Labute approximate surface area is 143 Å². The Balaban J connectivity index is 0.00000100. The van der Waals surface area contributed by atoms with Crippen LogP contribution in [0.2, 0.25) is 0 Å². The van der Waals surface area contributed by atoms with Crippen LogP contribution in [0, 0.1) is 6.92 Å². The van der Waals surface area contributed by atoms with Crippen molar-refractivity contribution in [3.63, 3.8) is 0 Å². The molecule has 2 heterocycles. The Morgan fingerprint density at radius 1 is 1.29 bits per heavy atom. The second kappa shape index (κ2) is 7.59. The summed E-state index contributed by atoms with van der Waals surface area (Å²) in [5.74, 6) is 0.770. The minimum atomic E-state index is 0.770. The molecule has 3 rings (SSSR count). The van der Waals surface area contributed by atoms with Crippen LogP contribution in [-0.2, 0) is 0 Å². The van der Waals surface area contributed by atoms with Crippen molar-refractivity contribution < 1.29 is 0 Å². The first-order chi connectivity index (χ1) is 11.6. The number of benzene rings is 1. The SMILES string of the molecule is C=Cc1[nH]c(-c2cnn(-c3cccc(C)c3)c2)nc1C(=C)C.CC. The van der Waals surface area contributed by atoms with E-state index in [1.807, 2.05) is 43.8 Å². The predicted molar refractivity (Wildman–Crippen MR) is 102 cm³/mol. The Hall–Kier alpha value is -2.88. The lowest BCUT2D eigenvalue weighted by Gasteiger charge is -2.01. The number of rotatable bonds is 4. The molecule has 0 spiro atoms. The lowest BCUT2D eigenvalue weighted by molar-refractivity contribution is 0.879. The third-order valence-electron chi connectivity index (χ3n) is 3.46. The summed E-state index contributed by atoms with van der Waals surface area (Å²) in [6, 6.07) is 8.21. The Morgan fingerprint density at radius 3 is 2.62 bits per heavy atom. The van der Waals surface area contributed by atoms with E-state index in [2.05, 4.69) is 47.3 Å². The third-order valence-corrected chi connectivity index (χ3v) is 3.46. The first-order valence-corrected chi connectivity index (χ1v) is 8.09. The van der Waals surface area contributed by atoms with Crippen molar-refractivity contribution >= 4 is 11.6 Å². The van der Waals surface area contributed by atoms with Crippen molar-refractivity contribution in [2.75, 3.05) is 0 Å². The number of hydrogen-bond acceptors (Lipinski definition) is 2. The van der Waals surface area contributed by atoms with Crippen LogP contribution in [0.1, 0.15) is 37.7 Å². The highest BCUT2D eigenvalue weighted by atomic mass is 15.3. The Bertz CT molecular complexity index is 852. The fourth-order valence-electron chi connectivity index (χ4n) is 2.35. The van der Waals surface area contributed by atoms with E-state index < -0.39 is 0 Å². The highest BCUT2D eigenvalue weighted by molar-refractivity contribution is 5.70. The van der Waals surface area contributed by atoms with Crippen molar-refractivity contribution in [2.45, 2.75) is 27.7 Å². The van der Waals surface area contributed by atoms with Gasteiger partial charge in [-0.05, 0) is 43.2 Å². The molecule has 1 aromatic carbocycles. The van der Waals surface area contributed by atoms with E-state index >= 15 is 0 Å². The summed E-state index contributed by atoms with van der Waals surface area (Å²) in [6.45, 7) is 15.8. The zero-order chi connectivity index (χ0) is 17.7. The number of hydrogen-bond donors (Lipinski definition) is 1. The van der Waals surface area contributed by atoms with Gasteiger partial charge in [0.1, 0.15) is 5.82 Å². The van der Waals surface area contributed by atoms with Gasteiger partial charge >= 0.3 is 0 Å². The number of allylic oxidation sites excluding steroid dienone is 1. The van der Waals surface area contributed by atoms with Crippen molar-refractivity contribution in [1.82, 2.24) is 19.7 Å². The maximum atomic E-state index is 4.60. The topological polar surface area (TPSA) is 46.5 Å². The molecule has 124 valence electrons. The molecule has 4 heteroatoms. The van der Waals surface area contributed by atoms with Crippen molar-refractivity contribution in [2.24, 2.45) is 0 Å². The first kappa shape index (κ1) is 17.5. The predicted octanol–water partition coefficient (Wildman–Crippen LogP) is 5.27. The summed E-state index contributed by atoms with van der Waals surface area (Å²) < 4.78 is 1.85. The second-order valence-electron chi connectivity index (χ2n) is 5.34. The first-order valence-electron chi connectivity index (χ1n) is 8.09. The number of nitrogens with zero attached hydrogens (tertiary/aromatic N) is 3. The van der Waals surface area contributed by atoms with E-state index in [0.717, 1.165) is 34.0 Å². The number of aromatic amines is 1. The lowest BCUT2D eigenvalue weighted by atomic mass is 10.2. The van der Waals surface area contributed by atoms with Crippen molar-refractivity contribution in [1.29, 1.82) is 0 Å². The van der Waals surface area contributed by atoms with Gasteiger partial charge in [-0.1, -0.05) is 39.1 Å². The summed E-state index contributed by atoms with van der Waals surface area (Å²) in [5.41, 5.74) is 5.78. The molecule has 0 saturated carbocycles. The number of imidazole rings is 1. The normalized spacial score (nSPS) is 10.0. The zero-order valence-electron chi connectivity index (χ0n) is 14.8. The van der Waals surface area contributed by atoms with Crippen LogP contribution in [0.3, 0.4) is 0 Å². The number of nitrogens with one attached hydrogen (secondary N) is 1. The summed E-state index contributed by atoms with van der Waals surface area (Å²) in [6.07, 6.45) is 5.52. The van der Waals surface area contributed by atoms with Crippen molar-refractivity contribution in [3.05, 3.63) is 66.8 Å². The standard InChI is InChI=1S/C18H18N4.C2H6/c1-5-16-17(12(2)3)21-18(20-16)14-10-19-22(11-14)15-8-6-7-13(4)9-15;1-2/h5-11H,1-2H2,3-4H3,(H,20,21);1-2H3. The van der Waals surface area contributed by atoms with Crippen LogP contribution < -0.4 is 0 Å². The van der Waals surface area contributed by atoms with Crippen LogP contribution in [0.15, 0.2) is 49.8 Å². The van der Waals surface area contributed by atoms with Gasteiger partial charge in [0.15, 0.2) is 0 Å². The summed E-state index contributed by atoms with van der Waals surface area (Å²) in [4.78, 5) is 7.86. The summed E-state index contributed by atoms with van der Waals surface area (Å²) in [5, 5.41) is 4.42. The van der Waals surface area contributed by atoms with Crippen LogP contribution in [0.5, 0.6) is 0 Å². The quantitative estimate of drug-likeness (QED) is 0.711. The molecule has 4 nitrogen and oxygen atoms in total. The molecule has 0 unspecified atom stereocenters. The van der Waals surface area contributed by atoms with E-state index in [9.17, 15) is 0 Å². The fourth-order valence-corrected chi connectivity index (χ4v) is 2.35. The Kier molecular flexibility index (Phi) is 5.53. The van der Waals surface area contributed by atoms with E-state index in [1.165, 1.54) is 5.56 Å². The highest BCUT2D eigenvalue weighted by Gasteiger charge is 2.12. The van der Waals surface area contributed by atoms with Crippen LogP contribution in [0.4, 0.5) is 0 Å². The minimum absolute atomic E-state index is 0.770. The number of aromatic nitrogens is 4. The van der Waals surface area contributed by atoms with Crippen LogP contribution in [0.25, 0.3) is 28.7 Å². The van der Waals surface area contributed by atoms with E-state index in [1.54, 1.807) is 12.3 Å². The van der Waals surface area contributed by atoms with Crippen LogP contribution in [-0.4, -0.2) is 19.7 Å². The highest BCUT2D eigenvalue weighted by Crippen LogP contribution is 2.23. The van der Waals surface area contributed by atoms with Gasteiger partial charge in [0.25, 0.3) is 0 Å². The van der Waals surface area contributed by atoms with Crippen molar-refractivity contribution in [3.8, 4) is 17.1 Å². The molecule has 0 radical (unpaired) electrons. The third kappa shape index (κ3) is 3.54. The molecule has 2 aromatic heterocycles. The second-order valence-corrected chi connectivity index (χ2v) is 5.34. The van der Waals surface area contributed by atoms with Gasteiger partial charge in [0, 0.05) is 6.20 Å². The lowest BCUT2D eigenvalue weighted by Crippen LogP contribution is -1.93. The molecule has 0 saturated heterocycles. The minimum Gasteiger partial charge on any atom is -0.338 e. The smallest absolute Gasteiger partial charge is 0.141 e. The monoisotopic (exact) mass is 320 g/mol. The van der Waals surface area contributed by atoms with Gasteiger partial charge in [-0.2, -0.15) is 5.10 Å². The Morgan fingerprint density at radius 2 is 2.04 bits per heavy atom. The van der Waals surface area contributed by atoms with Gasteiger partial charge in [-0.15, -0.1) is 0 Å². The molecule has 0 bridgehead atoms. The van der Waals surface area contributed by atoms with Crippen LogP contribution >= 0.6 is 0 Å². The average Bonchev–Trinajstić information content (AvgIpc) is 3.23. The molecule has 0 amide bonds. The molecule has 0 fully saturated rings. The maximum Gasteiger partial charge on any atom is 0.141 e.